The number of benzene rings is 2. The first-order valence-electron chi connectivity index (χ1n) is 13.4. The zero-order chi connectivity index (χ0) is 26.6. The number of nitrogens with zero attached hydrogens (tertiary/aromatic N) is 3. The molecule has 3 N–H and O–H groups in total. The van der Waals surface area contributed by atoms with E-state index in [-0.39, 0.29) is 18.0 Å². The number of ether oxygens (including phenoxy) is 1. The second-order valence-corrected chi connectivity index (χ2v) is 10.00. The monoisotopic (exact) mass is 513 g/mol. The SMILES string of the molecule is CCC#CC(=O)N1CCC([C@@H]2CCNC3=C(C(N)=O)C(c4ccc(Oc5ccccc5)cc4)N(C)N32)CC1. The molecule has 0 spiro atoms. The summed E-state index contributed by atoms with van der Waals surface area (Å²) < 4.78 is 5.96. The van der Waals surface area contributed by atoms with Crippen molar-refractivity contribution >= 4 is 11.8 Å². The maximum absolute atomic E-state index is 12.8. The Bertz CT molecular complexity index is 1260. The van der Waals surface area contributed by atoms with E-state index in [4.69, 9.17) is 10.5 Å². The molecule has 2 fully saturated rings. The Morgan fingerprint density at radius 3 is 2.37 bits per heavy atom. The van der Waals surface area contributed by atoms with Gasteiger partial charge in [-0.25, -0.2) is 5.01 Å². The van der Waals surface area contributed by atoms with Crippen LogP contribution in [0.3, 0.4) is 0 Å². The molecule has 38 heavy (non-hydrogen) atoms. The molecule has 2 saturated heterocycles. The highest BCUT2D eigenvalue weighted by atomic mass is 16.5. The van der Waals surface area contributed by atoms with Gasteiger partial charge in [0.15, 0.2) is 0 Å². The van der Waals surface area contributed by atoms with E-state index >= 15 is 0 Å². The second kappa shape index (κ2) is 11.2. The molecule has 5 rings (SSSR count). The van der Waals surface area contributed by atoms with Crippen molar-refractivity contribution < 1.29 is 14.3 Å². The van der Waals surface area contributed by atoms with Crippen LogP contribution in [0.2, 0.25) is 0 Å². The van der Waals surface area contributed by atoms with Gasteiger partial charge in [0.1, 0.15) is 17.3 Å². The van der Waals surface area contributed by atoms with Crippen LogP contribution in [-0.2, 0) is 9.59 Å². The number of piperidine rings is 1. The summed E-state index contributed by atoms with van der Waals surface area (Å²) in [4.78, 5) is 27.0. The molecule has 0 radical (unpaired) electrons. The summed E-state index contributed by atoms with van der Waals surface area (Å²) in [5.74, 6) is 7.82. The number of primary amides is 1. The van der Waals surface area contributed by atoms with Crippen molar-refractivity contribution in [2.24, 2.45) is 11.7 Å². The number of amides is 2. The molecule has 2 amide bonds. The van der Waals surface area contributed by atoms with Crippen molar-refractivity contribution in [2.45, 2.75) is 44.7 Å². The van der Waals surface area contributed by atoms with Gasteiger partial charge in [0.25, 0.3) is 5.91 Å². The number of nitrogens with one attached hydrogen (secondary N) is 1. The highest BCUT2D eigenvalue weighted by Crippen LogP contribution is 2.43. The second-order valence-electron chi connectivity index (χ2n) is 10.00. The highest BCUT2D eigenvalue weighted by molar-refractivity contribution is 5.95. The van der Waals surface area contributed by atoms with Crippen LogP contribution in [-0.4, -0.2) is 59.5 Å². The fourth-order valence-electron chi connectivity index (χ4n) is 5.90. The first-order valence-corrected chi connectivity index (χ1v) is 13.4. The molecule has 3 aliphatic heterocycles. The average Bonchev–Trinajstić information content (AvgIpc) is 3.25. The Morgan fingerprint density at radius 2 is 1.71 bits per heavy atom. The molecular formula is C30H35N5O3. The van der Waals surface area contributed by atoms with Gasteiger partial charge in [0.05, 0.1) is 17.7 Å². The number of rotatable bonds is 5. The molecule has 0 aromatic heterocycles. The Labute approximate surface area is 224 Å². The summed E-state index contributed by atoms with van der Waals surface area (Å²) >= 11 is 0. The summed E-state index contributed by atoms with van der Waals surface area (Å²) in [5, 5.41) is 7.84. The molecule has 198 valence electrons. The summed E-state index contributed by atoms with van der Waals surface area (Å²) in [6.07, 6.45) is 3.44. The normalized spacial score (nSPS) is 21.8. The maximum Gasteiger partial charge on any atom is 0.298 e. The fraction of sp³-hybridized carbons (Fsp3) is 0.400. The number of carbonyl (C=O) groups excluding carboxylic acids is 2. The lowest BCUT2D eigenvalue weighted by Crippen LogP contribution is -2.55. The van der Waals surface area contributed by atoms with Gasteiger partial charge >= 0.3 is 0 Å². The van der Waals surface area contributed by atoms with Crippen LogP contribution in [0.15, 0.2) is 66.0 Å². The van der Waals surface area contributed by atoms with Crippen molar-refractivity contribution in [2.75, 3.05) is 26.7 Å². The van der Waals surface area contributed by atoms with E-state index in [2.05, 4.69) is 27.2 Å². The number of likely N-dealkylation sites (N-methyl/N-ethyl adjacent to an activating group) is 1. The minimum Gasteiger partial charge on any atom is -0.457 e. The molecule has 0 saturated carbocycles. The van der Waals surface area contributed by atoms with Crippen LogP contribution >= 0.6 is 0 Å². The van der Waals surface area contributed by atoms with Gasteiger partial charge in [-0.3, -0.25) is 14.6 Å². The number of likely N-dealkylation sites (tertiary alicyclic amines) is 1. The van der Waals surface area contributed by atoms with Gasteiger partial charge in [-0.05, 0) is 60.9 Å². The third-order valence-corrected chi connectivity index (χ3v) is 7.70. The number of para-hydroxylation sites is 1. The van der Waals surface area contributed by atoms with Crippen LogP contribution in [0.1, 0.15) is 44.2 Å². The predicted octanol–water partition coefficient (Wildman–Crippen LogP) is 3.39. The van der Waals surface area contributed by atoms with E-state index in [1.807, 2.05) is 73.5 Å². The van der Waals surface area contributed by atoms with Crippen LogP contribution in [0.4, 0.5) is 0 Å². The topological polar surface area (TPSA) is 91.1 Å². The van der Waals surface area contributed by atoms with Gasteiger partial charge in [-0.15, -0.1) is 0 Å². The third-order valence-electron chi connectivity index (χ3n) is 7.70. The zero-order valence-corrected chi connectivity index (χ0v) is 22.0. The van der Waals surface area contributed by atoms with Gasteiger partial charge in [0.2, 0.25) is 5.91 Å². The molecule has 8 heteroatoms. The standard InChI is InChI=1S/C30H35N5O3/c1-3-4-10-26(36)34-19-16-21(17-20-34)25-15-18-32-30-27(29(31)37)28(33(2)35(25)30)22-11-13-24(14-12-22)38-23-8-6-5-7-9-23/h5-9,11-14,21,25,28,32H,3,15-20H2,1-2H3,(H2,31,37)/t25-,28?/m0/s1. The van der Waals surface area contributed by atoms with Gasteiger partial charge in [-0.1, -0.05) is 43.2 Å². The van der Waals surface area contributed by atoms with E-state index in [1.165, 1.54) is 0 Å². The molecule has 2 aromatic rings. The Balaban J connectivity index is 1.35. The van der Waals surface area contributed by atoms with Gasteiger partial charge in [0, 0.05) is 33.1 Å². The number of nitrogens with two attached hydrogens (primary N) is 1. The molecule has 0 aliphatic carbocycles. The van der Waals surface area contributed by atoms with Crippen molar-refractivity contribution in [3.05, 3.63) is 71.6 Å². The van der Waals surface area contributed by atoms with E-state index in [9.17, 15) is 9.59 Å². The Kier molecular flexibility index (Phi) is 7.57. The third kappa shape index (κ3) is 5.07. The number of hydrazine groups is 1. The quantitative estimate of drug-likeness (QED) is 0.596. The molecule has 3 heterocycles. The predicted molar refractivity (Wildman–Crippen MR) is 145 cm³/mol. The summed E-state index contributed by atoms with van der Waals surface area (Å²) in [6, 6.07) is 17.4. The molecular weight excluding hydrogens is 478 g/mol. The van der Waals surface area contributed by atoms with E-state index < -0.39 is 5.91 Å². The maximum atomic E-state index is 12.8. The van der Waals surface area contributed by atoms with E-state index in [0.29, 0.717) is 31.0 Å². The van der Waals surface area contributed by atoms with E-state index in [0.717, 1.165) is 48.7 Å². The van der Waals surface area contributed by atoms with Crippen LogP contribution < -0.4 is 15.8 Å². The lowest BCUT2D eigenvalue weighted by molar-refractivity contribution is -0.127. The minimum atomic E-state index is -0.424. The van der Waals surface area contributed by atoms with Crippen LogP contribution in [0.5, 0.6) is 11.5 Å². The number of fused-ring (bicyclic) bond motifs is 1. The fourth-order valence-corrected chi connectivity index (χ4v) is 5.90. The van der Waals surface area contributed by atoms with Crippen molar-refractivity contribution in [3.8, 4) is 23.3 Å². The van der Waals surface area contributed by atoms with Crippen LogP contribution in [0.25, 0.3) is 0 Å². The van der Waals surface area contributed by atoms with Crippen molar-refractivity contribution in [3.63, 3.8) is 0 Å². The van der Waals surface area contributed by atoms with Gasteiger partial charge < -0.3 is 20.7 Å². The lowest BCUT2D eigenvalue weighted by atomic mass is 9.86. The molecule has 3 aliphatic rings. The summed E-state index contributed by atoms with van der Waals surface area (Å²) in [7, 11) is 2.02. The molecule has 2 aromatic carbocycles. The Morgan fingerprint density at radius 1 is 1.03 bits per heavy atom. The molecule has 8 nitrogen and oxygen atoms in total. The molecule has 2 atom stereocenters. The summed E-state index contributed by atoms with van der Waals surface area (Å²) in [5.41, 5.74) is 7.52. The minimum absolute atomic E-state index is 0.0785. The lowest BCUT2D eigenvalue weighted by Gasteiger charge is -2.47. The average molecular weight is 514 g/mol. The first kappa shape index (κ1) is 25.7. The largest absolute Gasteiger partial charge is 0.457 e. The van der Waals surface area contributed by atoms with Crippen molar-refractivity contribution in [1.82, 2.24) is 20.2 Å². The number of hydrogen-bond acceptors (Lipinski definition) is 6. The van der Waals surface area contributed by atoms with Crippen LogP contribution in [0, 0.1) is 17.8 Å². The molecule has 0 bridgehead atoms. The number of hydrogen-bond donors (Lipinski definition) is 2. The van der Waals surface area contributed by atoms with E-state index in [1.54, 1.807) is 0 Å². The van der Waals surface area contributed by atoms with Crippen molar-refractivity contribution in [1.29, 1.82) is 0 Å². The smallest absolute Gasteiger partial charge is 0.298 e. The zero-order valence-electron chi connectivity index (χ0n) is 22.0. The molecule has 1 unspecified atom stereocenters. The number of carbonyl (C=O) groups is 2. The summed E-state index contributed by atoms with van der Waals surface area (Å²) in [6.45, 7) is 4.13. The highest BCUT2D eigenvalue weighted by Gasteiger charge is 2.47. The Hall–Kier alpha value is -3.96. The van der Waals surface area contributed by atoms with Gasteiger partial charge in [-0.2, -0.15) is 0 Å². The first-order chi connectivity index (χ1) is 18.5.